The van der Waals surface area contributed by atoms with Gasteiger partial charge >= 0.3 is 0 Å². The predicted molar refractivity (Wildman–Crippen MR) is 72.4 cm³/mol. The highest BCUT2D eigenvalue weighted by molar-refractivity contribution is 5.48. The van der Waals surface area contributed by atoms with Crippen molar-refractivity contribution in [3.05, 3.63) is 42.0 Å². The van der Waals surface area contributed by atoms with Crippen LogP contribution in [-0.2, 0) is 6.54 Å². The maximum atomic E-state index is 8.54. The quantitative estimate of drug-likeness (QED) is 0.790. The maximum absolute atomic E-state index is 8.54. The van der Waals surface area contributed by atoms with Gasteiger partial charge in [0.25, 0.3) is 0 Å². The van der Waals surface area contributed by atoms with Crippen LogP contribution in [0.4, 0.5) is 11.6 Å². The topological polar surface area (TPSA) is 86.5 Å². The summed E-state index contributed by atoms with van der Waals surface area (Å²) in [5.74, 6) is 1.99. The SMILES string of the molecule is Cc1nc(NCC#N)cc(NCc2ccccn2)n1. The van der Waals surface area contributed by atoms with Crippen LogP contribution in [-0.4, -0.2) is 21.5 Å². The normalized spacial score (nSPS) is 9.68. The number of pyridine rings is 1. The van der Waals surface area contributed by atoms with Crippen LogP contribution in [0.3, 0.4) is 0 Å². The molecule has 96 valence electrons. The summed E-state index contributed by atoms with van der Waals surface area (Å²) in [6, 6.07) is 9.54. The molecule has 0 amide bonds. The van der Waals surface area contributed by atoms with Gasteiger partial charge in [0.05, 0.1) is 18.3 Å². The minimum atomic E-state index is 0.218. The highest BCUT2D eigenvalue weighted by atomic mass is 15.1. The molecule has 0 aliphatic carbocycles. The van der Waals surface area contributed by atoms with Crippen molar-refractivity contribution >= 4 is 11.6 Å². The molecule has 0 spiro atoms. The zero-order valence-electron chi connectivity index (χ0n) is 10.6. The van der Waals surface area contributed by atoms with Crippen molar-refractivity contribution in [2.75, 3.05) is 17.2 Å². The summed E-state index contributed by atoms with van der Waals surface area (Å²) < 4.78 is 0. The highest BCUT2D eigenvalue weighted by Gasteiger charge is 2.01. The standard InChI is InChI=1S/C13H14N6/c1-10-18-12(16-7-5-14)8-13(19-10)17-9-11-4-2-3-6-15-11/h2-4,6,8H,7,9H2,1H3,(H2,16,17,18,19). The van der Waals surface area contributed by atoms with Crippen LogP contribution in [0.5, 0.6) is 0 Å². The first-order valence-corrected chi connectivity index (χ1v) is 5.88. The lowest BCUT2D eigenvalue weighted by molar-refractivity contribution is 0.993. The third-order valence-electron chi connectivity index (χ3n) is 2.36. The Morgan fingerprint density at radius 2 is 2.00 bits per heavy atom. The van der Waals surface area contributed by atoms with Gasteiger partial charge in [-0.25, -0.2) is 9.97 Å². The summed E-state index contributed by atoms with van der Waals surface area (Å²) in [6.45, 7) is 2.62. The van der Waals surface area contributed by atoms with Crippen LogP contribution in [0.2, 0.25) is 0 Å². The molecule has 6 nitrogen and oxygen atoms in total. The molecule has 2 heterocycles. The monoisotopic (exact) mass is 254 g/mol. The molecule has 0 saturated carbocycles. The second kappa shape index (κ2) is 6.31. The fraction of sp³-hybridized carbons (Fsp3) is 0.231. The molecule has 0 aliphatic rings. The van der Waals surface area contributed by atoms with Gasteiger partial charge in [0.2, 0.25) is 0 Å². The van der Waals surface area contributed by atoms with Crippen LogP contribution in [0.1, 0.15) is 11.5 Å². The molecule has 2 aromatic heterocycles. The summed E-state index contributed by atoms with van der Waals surface area (Å²) in [5.41, 5.74) is 0.935. The van der Waals surface area contributed by atoms with Gasteiger partial charge in [-0.15, -0.1) is 0 Å². The molecular weight excluding hydrogens is 240 g/mol. The van der Waals surface area contributed by atoms with Gasteiger partial charge in [-0.3, -0.25) is 4.98 Å². The van der Waals surface area contributed by atoms with Gasteiger partial charge in [0.1, 0.15) is 24.0 Å². The Balaban J connectivity index is 2.04. The van der Waals surface area contributed by atoms with Crippen LogP contribution in [0, 0.1) is 18.3 Å². The van der Waals surface area contributed by atoms with Gasteiger partial charge in [-0.1, -0.05) is 6.07 Å². The van der Waals surface area contributed by atoms with Gasteiger partial charge in [0, 0.05) is 12.3 Å². The van der Waals surface area contributed by atoms with Crippen molar-refractivity contribution in [1.29, 1.82) is 5.26 Å². The number of anilines is 2. The number of hydrogen-bond acceptors (Lipinski definition) is 6. The van der Waals surface area contributed by atoms with Crippen molar-refractivity contribution in [3.63, 3.8) is 0 Å². The minimum absolute atomic E-state index is 0.218. The zero-order chi connectivity index (χ0) is 13.5. The first-order chi connectivity index (χ1) is 9.28. The molecule has 0 unspecified atom stereocenters. The lowest BCUT2D eigenvalue weighted by Gasteiger charge is -2.08. The van der Waals surface area contributed by atoms with E-state index in [4.69, 9.17) is 5.26 Å². The molecule has 19 heavy (non-hydrogen) atoms. The molecule has 0 aliphatic heterocycles. The summed E-state index contributed by atoms with van der Waals surface area (Å²) in [5, 5.41) is 14.6. The lowest BCUT2D eigenvalue weighted by atomic mass is 10.3. The summed E-state index contributed by atoms with van der Waals surface area (Å²) in [6.07, 6.45) is 1.75. The Morgan fingerprint density at radius 3 is 2.68 bits per heavy atom. The molecule has 0 bridgehead atoms. The van der Waals surface area contributed by atoms with E-state index >= 15 is 0 Å². The summed E-state index contributed by atoms with van der Waals surface area (Å²) >= 11 is 0. The number of nitrogens with one attached hydrogen (secondary N) is 2. The Morgan fingerprint density at radius 1 is 1.21 bits per heavy atom. The third kappa shape index (κ3) is 3.92. The maximum Gasteiger partial charge on any atom is 0.132 e. The van der Waals surface area contributed by atoms with Crippen molar-refractivity contribution in [2.24, 2.45) is 0 Å². The van der Waals surface area contributed by atoms with E-state index in [2.05, 4.69) is 25.6 Å². The van der Waals surface area contributed by atoms with E-state index < -0.39 is 0 Å². The molecule has 2 N–H and O–H groups in total. The zero-order valence-corrected chi connectivity index (χ0v) is 10.6. The number of aryl methyl sites for hydroxylation is 1. The Kier molecular flexibility index (Phi) is 4.24. The third-order valence-corrected chi connectivity index (χ3v) is 2.36. The molecular formula is C13H14N6. The second-order valence-corrected chi connectivity index (χ2v) is 3.87. The average Bonchev–Trinajstić information content (AvgIpc) is 2.43. The van der Waals surface area contributed by atoms with Gasteiger partial charge in [-0.2, -0.15) is 5.26 Å². The Bertz CT molecular complexity index is 575. The average molecular weight is 254 g/mol. The van der Waals surface area contributed by atoms with E-state index in [1.165, 1.54) is 0 Å². The van der Waals surface area contributed by atoms with Crippen molar-refractivity contribution < 1.29 is 0 Å². The van der Waals surface area contributed by atoms with Crippen LogP contribution < -0.4 is 10.6 Å². The molecule has 0 atom stereocenters. The molecule has 0 radical (unpaired) electrons. The molecule has 6 heteroatoms. The minimum Gasteiger partial charge on any atom is -0.364 e. The fourth-order valence-electron chi connectivity index (χ4n) is 1.56. The van der Waals surface area contributed by atoms with Crippen molar-refractivity contribution in [3.8, 4) is 6.07 Å². The van der Waals surface area contributed by atoms with E-state index in [1.54, 1.807) is 12.3 Å². The first kappa shape index (κ1) is 12.8. The van der Waals surface area contributed by atoms with Crippen LogP contribution >= 0.6 is 0 Å². The molecule has 0 fully saturated rings. The predicted octanol–water partition coefficient (Wildman–Crippen LogP) is 1.73. The fourth-order valence-corrected chi connectivity index (χ4v) is 1.56. The van der Waals surface area contributed by atoms with Gasteiger partial charge in [0.15, 0.2) is 0 Å². The van der Waals surface area contributed by atoms with Gasteiger partial charge in [-0.05, 0) is 19.1 Å². The van der Waals surface area contributed by atoms with E-state index in [0.717, 1.165) is 5.69 Å². The van der Waals surface area contributed by atoms with E-state index in [9.17, 15) is 0 Å². The number of rotatable bonds is 5. The summed E-state index contributed by atoms with van der Waals surface area (Å²) in [4.78, 5) is 12.7. The van der Waals surface area contributed by atoms with Crippen molar-refractivity contribution in [2.45, 2.75) is 13.5 Å². The van der Waals surface area contributed by atoms with Crippen LogP contribution in [0.25, 0.3) is 0 Å². The first-order valence-electron chi connectivity index (χ1n) is 5.88. The second-order valence-electron chi connectivity index (χ2n) is 3.87. The van der Waals surface area contributed by atoms with E-state index in [0.29, 0.717) is 24.0 Å². The van der Waals surface area contributed by atoms with E-state index in [1.807, 2.05) is 31.2 Å². The largest absolute Gasteiger partial charge is 0.364 e. The molecule has 2 rings (SSSR count). The number of nitriles is 1. The van der Waals surface area contributed by atoms with Crippen molar-refractivity contribution in [1.82, 2.24) is 15.0 Å². The van der Waals surface area contributed by atoms with Gasteiger partial charge < -0.3 is 10.6 Å². The molecule has 2 aromatic rings. The highest BCUT2D eigenvalue weighted by Crippen LogP contribution is 2.11. The molecule has 0 saturated heterocycles. The lowest BCUT2D eigenvalue weighted by Crippen LogP contribution is -2.07. The smallest absolute Gasteiger partial charge is 0.132 e. The Hall–Kier alpha value is -2.68. The van der Waals surface area contributed by atoms with Crippen LogP contribution in [0.15, 0.2) is 30.5 Å². The molecule has 0 aromatic carbocycles. The summed E-state index contributed by atoms with van der Waals surface area (Å²) in [7, 11) is 0. The van der Waals surface area contributed by atoms with E-state index in [-0.39, 0.29) is 6.54 Å². The number of hydrogen-bond donors (Lipinski definition) is 2. The number of aromatic nitrogens is 3. The Labute approximate surface area is 111 Å². The number of nitrogens with zero attached hydrogens (tertiary/aromatic N) is 4.